The molecule has 5 heteroatoms. The van der Waals surface area contributed by atoms with Gasteiger partial charge in [-0.1, -0.05) is 29.8 Å². The molecule has 20 heavy (non-hydrogen) atoms. The molecule has 0 saturated heterocycles. The standard InChI is InChI=1S/C15H14Br2N2O/c1-9(2)10-7-13(17)15(20)14(8-10)19-18-12-5-3-11(16)4-6-12/h3-9,20H,1-2H3. The molecular formula is C15H14Br2N2O. The smallest absolute Gasteiger partial charge is 0.157 e. The number of phenols is 1. The van der Waals surface area contributed by atoms with Gasteiger partial charge in [-0.2, -0.15) is 5.11 Å². The van der Waals surface area contributed by atoms with E-state index in [2.05, 4.69) is 55.9 Å². The fraction of sp³-hybridized carbons (Fsp3) is 0.200. The molecule has 0 amide bonds. The van der Waals surface area contributed by atoms with Gasteiger partial charge in [0.15, 0.2) is 5.75 Å². The molecule has 0 atom stereocenters. The number of phenolic OH excluding ortho intramolecular Hbond substituents is 1. The van der Waals surface area contributed by atoms with Crippen LogP contribution >= 0.6 is 31.9 Å². The predicted octanol–water partition coefficient (Wildman–Crippen LogP) is 6.46. The third kappa shape index (κ3) is 3.67. The van der Waals surface area contributed by atoms with Crippen LogP contribution in [0.1, 0.15) is 25.3 Å². The van der Waals surface area contributed by atoms with Crippen LogP contribution in [0.25, 0.3) is 0 Å². The van der Waals surface area contributed by atoms with Gasteiger partial charge in [0, 0.05) is 4.47 Å². The molecule has 0 aliphatic rings. The number of hydrogen-bond acceptors (Lipinski definition) is 3. The maximum atomic E-state index is 10.0. The van der Waals surface area contributed by atoms with Crippen LogP contribution in [0.2, 0.25) is 0 Å². The molecule has 0 aromatic heterocycles. The third-order valence-electron chi connectivity index (χ3n) is 2.83. The summed E-state index contributed by atoms with van der Waals surface area (Å²) in [7, 11) is 0. The number of nitrogens with zero attached hydrogens (tertiary/aromatic N) is 2. The summed E-state index contributed by atoms with van der Waals surface area (Å²) in [6.07, 6.45) is 0. The van der Waals surface area contributed by atoms with E-state index in [1.165, 1.54) is 0 Å². The van der Waals surface area contributed by atoms with Gasteiger partial charge in [0.05, 0.1) is 10.2 Å². The van der Waals surface area contributed by atoms with Gasteiger partial charge in [-0.3, -0.25) is 0 Å². The first-order valence-electron chi connectivity index (χ1n) is 6.17. The van der Waals surface area contributed by atoms with Crippen molar-refractivity contribution in [2.75, 3.05) is 0 Å². The van der Waals surface area contributed by atoms with Crippen LogP contribution in [-0.4, -0.2) is 5.11 Å². The molecule has 0 radical (unpaired) electrons. The summed E-state index contributed by atoms with van der Waals surface area (Å²) in [5, 5.41) is 18.3. The van der Waals surface area contributed by atoms with E-state index in [-0.39, 0.29) is 5.75 Å². The topological polar surface area (TPSA) is 45.0 Å². The summed E-state index contributed by atoms with van der Waals surface area (Å²) in [5.74, 6) is 0.462. The highest BCUT2D eigenvalue weighted by molar-refractivity contribution is 9.10. The lowest BCUT2D eigenvalue weighted by molar-refractivity contribution is 0.472. The van der Waals surface area contributed by atoms with Crippen molar-refractivity contribution in [3.05, 3.63) is 50.9 Å². The van der Waals surface area contributed by atoms with Crippen molar-refractivity contribution >= 4 is 43.2 Å². The Morgan fingerprint density at radius 2 is 1.65 bits per heavy atom. The highest BCUT2D eigenvalue weighted by atomic mass is 79.9. The zero-order valence-corrected chi connectivity index (χ0v) is 14.3. The molecule has 2 aromatic rings. The van der Waals surface area contributed by atoms with E-state index in [4.69, 9.17) is 0 Å². The summed E-state index contributed by atoms with van der Waals surface area (Å²) in [6, 6.07) is 11.3. The Labute approximate surface area is 135 Å². The van der Waals surface area contributed by atoms with Gasteiger partial charge < -0.3 is 5.11 Å². The molecule has 0 saturated carbocycles. The summed E-state index contributed by atoms with van der Waals surface area (Å²) in [6.45, 7) is 4.18. The van der Waals surface area contributed by atoms with E-state index >= 15 is 0 Å². The van der Waals surface area contributed by atoms with Gasteiger partial charge in [0.1, 0.15) is 5.69 Å². The molecule has 0 unspecified atom stereocenters. The Balaban J connectivity index is 2.35. The van der Waals surface area contributed by atoms with Crippen molar-refractivity contribution < 1.29 is 5.11 Å². The maximum absolute atomic E-state index is 10.0. The summed E-state index contributed by atoms with van der Waals surface area (Å²) >= 11 is 6.71. The fourth-order valence-electron chi connectivity index (χ4n) is 1.63. The average molecular weight is 398 g/mol. The summed E-state index contributed by atoms with van der Waals surface area (Å²) < 4.78 is 1.62. The number of aromatic hydroxyl groups is 1. The number of halogens is 2. The summed E-state index contributed by atoms with van der Waals surface area (Å²) in [5.41, 5.74) is 2.30. The number of azo groups is 1. The Bertz CT molecular complexity index is 637. The fourth-order valence-corrected chi connectivity index (χ4v) is 2.37. The zero-order chi connectivity index (χ0) is 14.7. The third-order valence-corrected chi connectivity index (χ3v) is 3.97. The van der Waals surface area contributed by atoms with E-state index in [1.54, 1.807) is 0 Å². The molecule has 0 fully saturated rings. The second kappa shape index (κ2) is 6.50. The normalized spacial score (nSPS) is 11.4. The molecule has 2 rings (SSSR count). The van der Waals surface area contributed by atoms with Crippen LogP contribution < -0.4 is 0 Å². The van der Waals surface area contributed by atoms with Gasteiger partial charge in [-0.05, 0) is 63.8 Å². The molecule has 0 aliphatic heterocycles. The molecule has 3 nitrogen and oxygen atoms in total. The van der Waals surface area contributed by atoms with Crippen molar-refractivity contribution in [3.8, 4) is 5.75 Å². The lowest BCUT2D eigenvalue weighted by Crippen LogP contribution is -1.87. The van der Waals surface area contributed by atoms with Gasteiger partial charge >= 0.3 is 0 Å². The minimum absolute atomic E-state index is 0.107. The first-order chi connectivity index (χ1) is 9.47. The first-order valence-corrected chi connectivity index (χ1v) is 7.75. The molecule has 2 aromatic carbocycles. The van der Waals surface area contributed by atoms with E-state index in [9.17, 15) is 5.11 Å². The molecular weight excluding hydrogens is 384 g/mol. The van der Waals surface area contributed by atoms with Crippen LogP contribution in [-0.2, 0) is 0 Å². The van der Waals surface area contributed by atoms with Gasteiger partial charge in [-0.15, -0.1) is 5.11 Å². The van der Waals surface area contributed by atoms with Gasteiger partial charge in [0.2, 0.25) is 0 Å². The molecule has 104 valence electrons. The van der Waals surface area contributed by atoms with Crippen molar-refractivity contribution in [1.29, 1.82) is 0 Å². The minimum atomic E-state index is 0.107. The highest BCUT2D eigenvalue weighted by Crippen LogP contribution is 2.38. The molecule has 1 N–H and O–H groups in total. The monoisotopic (exact) mass is 396 g/mol. The highest BCUT2D eigenvalue weighted by Gasteiger charge is 2.10. The quantitative estimate of drug-likeness (QED) is 0.593. The Hall–Kier alpha value is -1.20. The largest absolute Gasteiger partial charge is 0.505 e. The van der Waals surface area contributed by atoms with E-state index in [1.807, 2.05) is 36.4 Å². The van der Waals surface area contributed by atoms with Crippen LogP contribution in [0.3, 0.4) is 0 Å². The van der Waals surface area contributed by atoms with E-state index in [0.717, 1.165) is 15.7 Å². The van der Waals surface area contributed by atoms with Crippen molar-refractivity contribution in [2.24, 2.45) is 10.2 Å². The lowest BCUT2D eigenvalue weighted by Gasteiger charge is -2.09. The second-order valence-corrected chi connectivity index (χ2v) is 6.47. The second-order valence-electron chi connectivity index (χ2n) is 4.70. The lowest BCUT2D eigenvalue weighted by atomic mass is 10.0. The van der Waals surface area contributed by atoms with Crippen LogP contribution in [0.5, 0.6) is 5.75 Å². The average Bonchev–Trinajstić information content (AvgIpc) is 2.42. The van der Waals surface area contributed by atoms with Crippen LogP contribution in [0.15, 0.2) is 55.6 Å². The SMILES string of the molecule is CC(C)c1cc(Br)c(O)c(N=Nc2ccc(Br)cc2)c1. The van der Waals surface area contributed by atoms with Crippen molar-refractivity contribution in [2.45, 2.75) is 19.8 Å². The van der Waals surface area contributed by atoms with E-state index in [0.29, 0.717) is 16.1 Å². The van der Waals surface area contributed by atoms with E-state index < -0.39 is 0 Å². The maximum Gasteiger partial charge on any atom is 0.157 e. The molecule has 0 bridgehead atoms. The first kappa shape index (κ1) is 15.2. The van der Waals surface area contributed by atoms with Gasteiger partial charge in [-0.25, -0.2) is 0 Å². The molecule has 0 heterocycles. The minimum Gasteiger partial charge on any atom is -0.505 e. The van der Waals surface area contributed by atoms with Crippen molar-refractivity contribution in [3.63, 3.8) is 0 Å². The number of benzene rings is 2. The molecule has 0 spiro atoms. The van der Waals surface area contributed by atoms with Gasteiger partial charge in [0.25, 0.3) is 0 Å². The predicted molar refractivity (Wildman–Crippen MR) is 88.2 cm³/mol. The Kier molecular flexibility index (Phi) is 4.94. The molecule has 0 aliphatic carbocycles. The van der Waals surface area contributed by atoms with Crippen LogP contribution in [0.4, 0.5) is 11.4 Å². The zero-order valence-electron chi connectivity index (χ0n) is 11.1. The van der Waals surface area contributed by atoms with Crippen molar-refractivity contribution in [1.82, 2.24) is 0 Å². The Morgan fingerprint density at radius 1 is 1.00 bits per heavy atom. The number of hydrogen-bond donors (Lipinski definition) is 1. The Morgan fingerprint density at radius 3 is 2.25 bits per heavy atom. The summed E-state index contributed by atoms with van der Waals surface area (Å²) in [4.78, 5) is 0. The van der Waals surface area contributed by atoms with Crippen LogP contribution in [0, 0.1) is 0 Å². The number of rotatable bonds is 3.